The van der Waals surface area contributed by atoms with Gasteiger partial charge in [0.25, 0.3) is 0 Å². The molecule has 0 spiro atoms. The number of nitrogens with zero attached hydrogens (tertiary/aromatic N) is 1. The number of rotatable bonds is 3. The number of hydrogen-bond acceptors (Lipinski definition) is 3. The molecule has 1 N–H and O–H groups in total. The number of aromatic nitrogens is 1. The first-order valence-corrected chi connectivity index (χ1v) is 6.98. The monoisotopic (exact) mass is 301 g/mol. The van der Waals surface area contributed by atoms with Crippen LogP contribution in [0, 0.1) is 0 Å². The lowest BCUT2D eigenvalue weighted by Crippen LogP contribution is -2.27. The Kier molecular flexibility index (Phi) is 4.35. The largest absolute Gasteiger partial charge is 0.481 e. The molecule has 5 nitrogen and oxygen atoms in total. The second-order valence-electron chi connectivity index (χ2n) is 6.01. The molecule has 0 atom stereocenters. The SMILES string of the molecule is CC(C)(C)OC(=O)n1cccc1-c1cccc(CC(=O)O)c1. The zero-order valence-electron chi connectivity index (χ0n) is 12.9. The van der Waals surface area contributed by atoms with E-state index in [1.54, 1.807) is 36.5 Å². The van der Waals surface area contributed by atoms with Gasteiger partial charge in [0, 0.05) is 6.20 Å². The smallest absolute Gasteiger partial charge is 0.418 e. The third-order valence-corrected chi connectivity index (χ3v) is 2.92. The van der Waals surface area contributed by atoms with E-state index in [1.165, 1.54) is 4.57 Å². The number of carboxylic acids is 1. The van der Waals surface area contributed by atoms with Gasteiger partial charge in [-0.05, 0) is 50.1 Å². The van der Waals surface area contributed by atoms with Crippen LogP contribution in [0.5, 0.6) is 0 Å². The zero-order chi connectivity index (χ0) is 16.3. The van der Waals surface area contributed by atoms with Gasteiger partial charge >= 0.3 is 12.1 Å². The number of carbonyl (C=O) groups excluding carboxylic acids is 1. The van der Waals surface area contributed by atoms with Gasteiger partial charge < -0.3 is 9.84 Å². The van der Waals surface area contributed by atoms with E-state index >= 15 is 0 Å². The van der Waals surface area contributed by atoms with Crippen LogP contribution in [0.15, 0.2) is 42.6 Å². The van der Waals surface area contributed by atoms with Gasteiger partial charge in [-0.15, -0.1) is 0 Å². The van der Waals surface area contributed by atoms with Crippen LogP contribution in [-0.4, -0.2) is 27.3 Å². The first-order valence-electron chi connectivity index (χ1n) is 6.98. The van der Waals surface area contributed by atoms with Gasteiger partial charge in [-0.3, -0.25) is 9.36 Å². The number of ether oxygens (including phenoxy) is 1. The third kappa shape index (κ3) is 3.97. The van der Waals surface area contributed by atoms with Gasteiger partial charge in [0.15, 0.2) is 0 Å². The molecule has 0 fully saturated rings. The molecule has 0 saturated carbocycles. The Balaban J connectivity index is 2.33. The maximum atomic E-state index is 12.2. The fraction of sp³-hybridized carbons (Fsp3) is 0.294. The van der Waals surface area contributed by atoms with Crippen molar-refractivity contribution >= 4 is 12.1 Å². The molecule has 0 aliphatic carbocycles. The van der Waals surface area contributed by atoms with Crippen LogP contribution < -0.4 is 0 Å². The standard InChI is InChI=1S/C17H19NO4/c1-17(2,3)22-16(21)18-9-5-8-14(18)13-7-4-6-12(10-13)11-15(19)20/h4-10H,11H2,1-3H3,(H,19,20). The Morgan fingerprint density at radius 2 is 1.91 bits per heavy atom. The molecule has 2 rings (SSSR count). The van der Waals surface area contributed by atoms with E-state index in [0.717, 1.165) is 5.56 Å². The van der Waals surface area contributed by atoms with Crippen molar-refractivity contribution in [2.75, 3.05) is 0 Å². The Hall–Kier alpha value is -2.56. The predicted molar refractivity (Wildman–Crippen MR) is 82.8 cm³/mol. The maximum Gasteiger partial charge on any atom is 0.418 e. The normalized spacial score (nSPS) is 11.2. The lowest BCUT2D eigenvalue weighted by molar-refractivity contribution is -0.136. The van der Waals surface area contributed by atoms with Gasteiger partial charge in [-0.25, -0.2) is 4.79 Å². The molecule has 5 heteroatoms. The molecule has 22 heavy (non-hydrogen) atoms. The summed E-state index contributed by atoms with van der Waals surface area (Å²) in [4.78, 5) is 23.0. The van der Waals surface area contributed by atoms with E-state index in [4.69, 9.17) is 9.84 Å². The van der Waals surface area contributed by atoms with Crippen LogP contribution in [0.3, 0.4) is 0 Å². The molecule has 0 aliphatic rings. The van der Waals surface area contributed by atoms with Gasteiger partial charge in [-0.1, -0.05) is 18.2 Å². The minimum Gasteiger partial charge on any atom is -0.481 e. The van der Waals surface area contributed by atoms with Crippen LogP contribution in [-0.2, 0) is 16.0 Å². The Morgan fingerprint density at radius 1 is 1.18 bits per heavy atom. The summed E-state index contributed by atoms with van der Waals surface area (Å²) in [7, 11) is 0. The van der Waals surface area contributed by atoms with E-state index in [1.807, 2.05) is 26.8 Å². The molecule has 1 aromatic heterocycles. The molecule has 0 unspecified atom stereocenters. The van der Waals surface area contributed by atoms with E-state index < -0.39 is 17.7 Å². The van der Waals surface area contributed by atoms with Gasteiger partial charge in [-0.2, -0.15) is 0 Å². The fourth-order valence-corrected chi connectivity index (χ4v) is 2.10. The lowest BCUT2D eigenvalue weighted by Gasteiger charge is -2.20. The van der Waals surface area contributed by atoms with Crippen molar-refractivity contribution < 1.29 is 19.4 Å². The minimum atomic E-state index is -0.889. The average molecular weight is 301 g/mol. The van der Waals surface area contributed by atoms with E-state index in [-0.39, 0.29) is 6.42 Å². The van der Waals surface area contributed by atoms with Gasteiger partial charge in [0.1, 0.15) is 5.60 Å². The van der Waals surface area contributed by atoms with Crippen LogP contribution in [0.25, 0.3) is 11.3 Å². The highest BCUT2D eigenvalue weighted by atomic mass is 16.6. The summed E-state index contributed by atoms with van der Waals surface area (Å²) in [5.41, 5.74) is 1.54. The Labute approximate surface area is 129 Å². The average Bonchev–Trinajstić information content (AvgIpc) is 2.85. The summed E-state index contributed by atoms with van der Waals surface area (Å²) in [6, 6.07) is 10.7. The molecule has 0 aliphatic heterocycles. The first kappa shape index (κ1) is 15.8. The second kappa shape index (κ2) is 6.05. The van der Waals surface area contributed by atoms with E-state index in [2.05, 4.69) is 0 Å². The number of carbonyl (C=O) groups is 2. The van der Waals surface area contributed by atoms with Crippen molar-refractivity contribution in [2.24, 2.45) is 0 Å². The Morgan fingerprint density at radius 3 is 2.55 bits per heavy atom. The van der Waals surface area contributed by atoms with Gasteiger partial charge in [0.2, 0.25) is 0 Å². The predicted octanol–water partition coefficient (Wildman–Crippen LogP) is 3.57. The highest BCUT2D eigenvalue weighted by Crippen LogP contribution is 2.23. The van der Waals surface area contributed by atoms with Crippen molar-refractivity contribution in [2.45, 2.75) is 32.8 Å². The summed E-state index contributed by atoms with van der Waals surface area (Å²) in [5, 5.41) is 8.88. The minimum absolute atomic E-state index is 0.0546. The van der Waals surface area contributed by atoms with Crippen LogP contribution in [0.2, 0.25) is 0 Å². The summed E-state index contributed by atoms with van der Waals surface area (Å²) >= 11 is 0. The molecular weight excluding hydrogens is 282 g/mol. The maximum absolute atomic E-state index is 12.2. The fourth-order valence-electron chi connectivity index (χ4n) is 2.10. The summed E-state index contributed by atoms with van der Waals surface area (Å²) < 4.78 is 6.79. The third-order valence-electron chi connectivity index (χ3n) is 2.92. The van der Waals surface area contributed by atoms with Crippen molar-refractivity contribution in [1.82, 2.24) is 4.57 Å². The topological polar surface area (TPSA) is 68.5 Å². The van der Waals surface area contributed by atoms with Gasteiger partial charge in [0.05, 0.1) is 12.1 Å². The quantitative estimate of drug-likeness (QED) is 0.941. The van der Waals surface area contributed by atoms with Crippen molar-refractivity contribution in [3.8, 4) is 11.3 Å². The van der Waals surface area contributed by atoms with E-state index in [0.29, 0.717) is 11.3 Å². The molecule has 0 radical (unpaired) electrons. The molecule has 116 valence electrons. The van der Waals surface area contributed by atoms with Crippen molar-refractivity contribution in [3.05, 3.63) is 48.2 Å². The molecule has 1 aromatic carbocycles. The summed E-state index contributed by atoms with van der Waals surface area (Å²) in [6.45, 7) is 5.42. The number of carboxylic acid groups (broad SMARTS) is 1. The highest BCUT2D eigenvalue weighted by molar-refractivity contribution is 5.79. The molecule has 1 heterocycles. The molecular formula is C17H19NO4. The number of aliphatic carboxylic acids is 1. The zero-order valence-corrected chi connectivity index (χ0v) is 12.9. The van der Waals surface area contributed by atoms with Crippen LogP contribution in [0.4, 0.5) is 4.79 Å². The molecule has 2 aromatic rings. The number of benzene rings is 1. The second-order valence-corrected chi connectivity index (χ2v) is 6.01. The van der Waals surface area contributed by atoms with E-state index in [9.17, 15) is 9.59 Å². The summed E-state index contributed by atoms with van der Waals surface area (Å²) in [5.74, 6) is -0.889. The molecule has 0 amide bonds. The summed E-state index contributed by atoms with van der Waals surface area (Å²) in [6.07, 6.45) is 1.12. The molecule has 0 saturated heterocycles. The molecule has 0 bridgehead atoms. The van der Waals surface area contributed by atoms with Crippen LogP contribution >= 0.6 is 0 Å². The lowest BCUT2D eigenvalue weighted by atomic mass is 10.1. The van der Waals surface area contributed by atoms with Crippen molar-refractivity contribution in [3.63, 3.8) is 0 Å². The Bertz CT molecular complexity index is 695. The number of hydrogen-bond donors (Lipinski definition) is 1. The van der Waals surface area contributed by atoms with Crippen molar-refractivity contribution in [1.29, 1.82) is 0 Å². The first-order chi connectivity index (χ1) is 10.3. The van der Waals surface area contributed by atoms with Crippen LogP contribution in [0.1, 0.15) is 26.3 Å². The highest BCUT2D eigenvalue weighted by Gasteiger charge is 2.19.